The van der Waals surface area contributed by atoms with E-state index in [1.54, 1.807) is 12.1 Å². The van der Waals surface area contributed by atoms with Crippen LogP contribution in [0.4, 0.5) is 0 Å². The van der Waals surface area contributed by atoms with Gasteiger partial charge in [0.15, 0.2) is 0 Å². The minimum Gasteiger partial charge on any atom is -0.374 e. The highest BCUT2D eigenvalue weighted by molar-refractivity contribution is 6.33. The van der Waals surface area contributed by atoms with E-state index in [-0.39, 0.29) is 6.04 Å². The van der Waals surface area contributed by atoms with Crippen LogP contribution in [0.3, 0.4) is 0 Å². The minimum absolute atomic E-state index is 0.214. The Hall–Kier alpha value is -0.320. The molecule has 3 nitrogen and oxygen atoms in total. The van der Waals surface area contributed by atoms with Crippen LogP contribution in [0.2, 0.25) is 10.0 Å². The van der Waals surface area contributed by atoms with E-state index in [0.717, 1.165) is 12.0 Å². The summed E-state index contributed by atoms with van der Waals surface area (Å²) in [6.45, 7) is 6.64. The highest BCUT2D eigenvalue weighted by Gasteiger charge is 2.35. The summed E-state index contributed by atoms with van der Waals surface area (Å²) in [5.74, 6) is 5.68. The molecule has 0 radical (unpaired) electrons. The van der Waals surface area contributed by atoms with E-state index in [9.17, 15) is 0 Å². The van der Waals surface area contributed by atoms with Crippen LogP contribution < -0.4 is 11.3 Å². The standard InChI is InChI=1S/C13H20Cl2N2O/c1-4-13(3,18-5-2)12(17-16)10-8-9(14)6-7-11(10)15/h6-8,12,17H,4-5,16H2,1-3H3. The topological polar surface area (TPSA) is 47.3 Å². The Kier molecular flexibility index (Phi) is 5.89. The molecule has 0 aliphatic heterocycles. The van der Waals surface area contributed by atoms with E-state index < -0.39 is 5.60 Å². The lowest BCUT2D eigenvalue weighted by molar-refractivity contribution is -0.0563. The fourth-order valence-corrected chi connectivity index (χ4v) is 2.46. The minimum atomic E-state index is -0.433. The van der Waals surface area contributed by atoms with Gasteiger partial charge in [0.2, 0.25) is 0 Å². The third kappa shape index (κ3) is 3.37. The lowest BCUT2D eigenvalue weighted by Crippen LogP contribution is -2.46. The third-order valence-corrected chi connectivity index (χ3v) is 3.80. The van der Waals surface area contributed by atoms with Gasteiger partial charge in [-0.2, -0.15) is 0 Å². The number of hydrazine groups is 1. The lowest BCUT2D eigenvalue weighted by Gasteiger charge is -2.37. The van der Waals surface area contributed by atoms with Gasteiger partial charge in [0.1, 0.15) is 0 Å². The number of halogens is 2. The summed E-state index contributed by atoms with van der Waals surface area (Å²) in [5.41, 5.74) is 3.21. The lowest BCUT2D eigenvalue weighted by atomic mass is 9.88. The highest BCUT2D eigenvalue weighted by Crippen LogP contribution is 2.36. The number of nitrogens with two attached hydrogens (primary N) is 1. The maximum atomic E-state index is 6.22. The Bertz CT molecular complexity index is 401. The Balaban J connectivity index is 3.19. The molecular formula is C13H20Cl2N2O. The van der Waals surface area contributed by atoms with Crippen molar-refractivity contribution in [1.29, 1.82) is 0 Å². The number of nitrogens with one attached hydrogen (secondary N) is 1. The maximum absolute atomic E-state index is 6.22. The second-order valence-corrected chi connectivity index (χ2v) is 5.21. The van der Waals surface area contributed by atoms with Crippen molar-refractivity contribution >= 4 is 23.2 Å². The van der Waals surface area contributed by atoms with Crippen LogP contribution in [0.15, 0.2) is 18.2 Å². The Morgan fingerprint density at radius 3 is 2.56 bits per heavy atom. The number of rotatable bonds is 6. The monoisotopic (exact) mass is 290 g/mol. The van der Waals surface area contributed by atoms with Crippen molar-refractivity contribution < 1.29 is 4.74 Å². The van der Waals surface area contributed by atoms with Crippen molar-refractivity contribution in [3.63, 3.8) is 0 Å². The zero-order valence-electron chi connectivity index (χ0n) is 11.0. The van der Waals surface area contributed by atoms with Gasteiger partial charge >= 0.3 is 0 Å². The third-order valence-electron chi connectivity index (χ3n) is 3.22. The molecule has 0 saturated heterocycles. The molecule has 1 aromatic carbocycles. The molecule has 0 fully saturated rings. The summed E-state index contributed by atoms with van der Waals surface area (Å²) in [6, 6.07) is 5.13. The van der Waals surface area contributed by atoms with Gasteiger partial charge < -0.3 is 4.74 Å². The van der Waals surface area contributed by atoms with Crippen molar-refractivity contribution in [3.8, 4) is 0 Å². The van der Waals surface area contributed by atoms with Gasteiger partial charge in [-0.3, -0.25) is 11.3 Å². The fraction of sp³-hybridized carbons (Fsp3) is 0.538. The molecule has 18 heavy (non-hydrogen) atoms. The van der Waals surface area contributed by atoms with Gasteiger partial charge in [0.25, 0.3) is 0 Å². The summed E-state index contributed by atoms with van der Waals surface area (Å²) < 4.78 is 5.84. The van der Waals surface area contributed by atoms with Crippen molar-refractivity contribution in [2.75, 3.05) is 6.61 Å². The normalized spacial score (nSPS) is 16.3. The molecule has 1 rings (SSSR count). The molecular weight excluding hydrogens is 271 g/mol. The largest absolute Gasteiger partial charge is 0.374 e. The van der Waals surface area contributed by atoms with E-state index in [2.05, 4.69) is 12.3 Å². The molecule has 1 aromatic rings. The van der Waals surface area contributed by atoms with Crippen LogP contribution >= 0.6 is 23.2 Å². The SMILES string of the molecule is CCOC(C)(CC)C(NN)c1cc(Cl)ccc1Cl. The summed E-state index contributed by atoms with van der Waals surface area (Å²) >= 11 is 12.2. The van der Waals surface area contributed by atoms with Gasteiger partial charge in [-0.1, -0.05) is 30.1 Å². The summed E-state index contributed by atoms with van der Waals surface area (Å²) in [4.78, 5) is 0. The predicted octanol–water partition coefficient (Wildman–Crippen LogP) is 3.70. The number of hydrogen-bond acceptors (Lipinski definition) is 3. The first-order valence-electron chi connectivity index (χ1n) is 6.03. The van der Waals surface area contributed by atoms with Gasteiger partial charge in [0, 0.05) is 16.7 Å². The van der Waals surface area contributed by atoms with Crippen LogP contribution in [-0.4, -0.2) is 12.2 Å². The van der Waals surface area contributed by atoms with Crippen molar-refractivity contribution in [3.05, 3.63) is 33.8 Å². The van der Waals surface area contributed by atoms with Gasteiger partial charge in [-0.25, -0.2) is 0 Å². The quantitative estimate of drug-likeness (QED) is 0.620. The predicted molar refractivity (Wildman–Crippen MR) is 76.8 cm³/mol. The molecule has 0 heterocycles. The van der Waals surface area contributed by atoms with Crippen LogP contribution in [-0.2, 0) is 4.74 Å². The van der Waals surface area contributed by atoms with E-state index in [4.69, 9.17) is 33.8 Å². The van der Waals surface area contributed by atoms with Crippen LogP contribution in [0.1, 0.15) is 38.8 Å². The second-order valence-electron chi connectivity index (χ2n) is 4.36. The second kappa shape index (κ2) is 6.73. The van der Waals surface area contributed by atoms with E-state index >= 15 is 0 Å². The zero-order valence-corrected chi connectivity index (χ0v) is 12.5. The summed E-state index contributed by atoms with van der Waals surface area (Å²) in [7, 11) is 0. The molecule has 0 spiro atoms. The Morgan fingerprint density at radius 1 is 1.39 bits per heavy atom. The van der Waals surface area contributed by atoms with Crippen molar-refractivity contribution in [1.82, 2.24) is 5.43 Å². The Morgan fingerprint density at radius 2 is 2.06 bits per heavy atom. The van der Waals surface area contributed by atoms with Crippen LogP contribution in [0, 0.1) is 0 Å². The number of benzene rings is 1. The molecule has 2 atom stereocenters. The van der Waals surface area contributed by atoms with E-state index in [0.29, 0.717) is 16.7 Å². The summed E-state index contributed by atoms with van der Waals surface area (Å²) in [5, 5.41) is 1.26. The Labute approximate surface area is 119 Å². The molecule has 0 bridgehead atoms. The first-order chi connectivity index (χ1) is 8.48. The van der Waals surface area contributed by atoms with Crippen LogP contribution in [0.5, 0.6) is 0 Å². The highest BCUT2D eigenvalue weighted by atomic mass is 35.5. The molecule has 102 valence electrons. The van der Waals surface area contributed by atoms with E-state index in [1.165, 1.54) is 0 Å². The molecule has 0 aliphatic carbocycles. The fourth-order valence-electron chi connectivity index (χ4n) is 2.05. The maximum Gasteiger partial charge on any atom is 0.0859 e. The average molecular weight is 291 g/mol. The average Bonchev–Trinajstić information content (AvgIpc) is 2.34. The molecule has 0 aliphatic rings. The molecule has 0 saturated carbocycles. The van der Waals surface area contributed by atoms with Gasteiger partial charge in [0.05, 0.1) is 11.6 Å². The van der Waals surface area contributed by atoms with Gasteiger partial charge in [-0.05, 0) is 44.0 Å². The van der Waals surface area contributed by atoms with Crippen molar-refractivity contribution in [2.24, 2.45) is 5.84 Å². The molecule has 5 heteroatoms. The van der Waals surface area contributed by atoms with Gasteiger partial charge in [-0.15, -0.1) is 0 Å². The first kappa shape index (κ1) is 15.7. The van der Waals surface area contributed by atoms with Crippen LogP contribution in [0.25, 0.3) is 0 Å². The summed E-state index contributed by atoms with van der Waals surface area (Å²) in [6.07, 6.45) is 0.804. The molecule has 0 aromatic heterocycles. The number of ether oxygens (including phenoxy) is 1. The van der Waals surface area contributed by atoms with E-state index in [1.807, 2.05) is 19.9 Å². The first-order valence-corrected chi connectivity index (χ1v) is 6.79. The molecule has 2 unspecified atom stereocenters. The molecule has 0 amide bonds. The zero-order chi connectivity index (χ0) is 13.8. The molecule has 3 N–H and O–H groups in total. The van der Waals surface area contributed by atoms with Crippen molar-refractivity contribution in [2.45, 2.75) is 38.8 Å². The number of hydrogen-bond donors (Lipinski definition) is 2. The smallest absolute Gasteiger partial charge is 0.0859 e.